The van der Waals surface area contributed by atoms with Gasteiger partial charge in [0.15, 0.2) is 0 Å². The van der Waals surface area contributed by atoms with E-state index < -0.39 is 28.0 Å². The molecule has 1 aromatic heterocycles. The van der Waals surface area contributed by atoms with Crippen molar-refractivity contribution in [3.05, 3.63) is 53.7 Å². The Morgan fingerprint density at radius 2 is 1.76 bits per heavy atom. The molecule has 0 radical (unpaired) electrons. The Labute approximate surface area is 197 Å². The summed E-state index contributed by atoms with van der Waals surface area (Å²) in [5.41, 5.74) is 0.0209. The number of benzene rings is 1. The second-order valence-corrected chi connectivity index (χ2v) is 8.69. The van der Waals surface area contributed by atoms with E-state index in [0.717, 1.165) is 12.3 Å². The Bertz CT molecular complexity index is 1100. The fourth-order valence-electron chi connectivity index (χ4n) is 2.69. The monoisotopic (exact) mass is 493 g/mol. The van der Waals surface area contributed by atoms with Gasteiger partial charge in [-0.1, -0.05) is 19.9 Å². The Hall–Kier alpha value is -3.51. The Kier molecular flexibility index (Phi) is 9.95. The van der Waals surface area contributed by atoms with Crippen LogP contribution in [0.15, 0.2) is 47.5 Å². The first-order valence-corrected chi connectivity index (χ1v) is 12.0. The highest BCUT2D eigenvalue weighted by molar-refractivity contribution is 7.90. The zero-order chi connectivity index (χ0) is 25.1. The van der Waals surface area contributed by atoms with Crippen LogP contribution in [0, 0.1) is 0 Å². The molecule has 0 saturated carbocycles. The highest BCUT2D eigenvalue weighted by Gasteiger charge is 2.21. The van der Waals surface area contributed by atoms with Crippen molar-refractivity contribution in [2.24, 2.45) is 0 Å². The number of nitrogens with zero attached hydrogens (tertiary/aromatic N) is 1. The number of rotatable bonds is 11. The van der Waals surface area contributed by atoms with Gasteiger partial charge in [-0.25, -0.2) is 22.9 Å². The average molecular weight is 494 g/mol. The minimum absolute atomic E-state index is 0.0854. The number of methoxy groups -OCH3 is 1. The molecule has 2 amide bonds. The molecule has 0 saturated heterocycles. The normalized spacial score (nSPS) is 11.1. The summed E-state index contributed by atoms with van der Waals surface area (Å²) in [5, 5.41) is 2.58. The average Bonchev–Trinajstić information content (AvgIpc) is 2.82. The first kappa shape index (κ1) is 26.7. The lowest BCUT2D eigenvalue weighted by atomic mass is 10.2. The van der Waals surface area contributed by atoms with Crippen LogP contribution in [-0.2, 0) is 19.5 Å². The van der Waals surface area contributed by atoms with E-state index in [1.807, 2.05) is 18.6 Å². The summed E-state index contributed by atoms with van der Waals surface area (Å²) >= 11 is 0. The molecule has 0 aliphatic heterocycles. The van der Waals surface area contributed by atoms with E-state index in [1.165, 1.54) is 37.4 Å². The fraction of sp³-hybridized carbons (Fsp3) is 0.364. The number of ether oxygens (including phenoxy) is 3. The van der Waals surface area contributed by atoms with Crippen molar-refractivity contribution in [3.63, 3.8) is 0 Å². The van der Waals surface area contributed by atoms with Gasteiger partial charge in [-0.15, -0.1) is 0 Å². The van der Waals surface area contributed by atoms with Gasteiger partial charge >= 0.3 is 6.16 Å². The zero-order valence-corrected chi connectivity index (χ0v) is 19.9. The van der Waals surface area contributed by atoms with Crippen LogP contribution in [0.3, 0.4) is 0 Å². The lowest BCUT2D eigenvalue weighted by Gasteiger charge is -2.13. The summed E-state index contributed by atoms with van der Waals surface area (Å²) in [5.74, 6) is -1.54. The number of aromatic nitrogens is 1. The van der Waals surface area contributed by atoms with Gasteiger partial charge in [-0.2, -0.15) is 0 Å². The molecule has 0 aliphatic carbocycles. The summed E-state index contributed by atoms with van der Waals surface area (Å²) in [4.78, 5) is 39.9. The minimum Gasteiger partial charge on any atom is -0.431 e. The molecule has 0 bridgehead atoms. The Morgan fingerprint density at radius 1 is 1.03 bits per heavy atom. The lowest BCUT2D eigenvalue weighted by molar-refractivity contribution is 0.0538. The second-order valence-electron chi connectivity index (χ2n) is 7.00. The predicted octanol–water partition coefficient (Wildman–Crippen LogP) is 2.28. The molecule has 0 spiro atoms. The molecule has 0 unspecified atom stereocenters. The molecule has 1 aromatic carbocycles. The van der Waals surface area contributed by atoms with Crippen LogP contribution in [0.5, 0.6) is 5.88 Å². The van der Waals surface area contributed by atoms with Crippen molar-refractivity contribution in [3.8, 4) is 5.88 Å². The molecule has 0 fully saturated rings. The van der Waals surface area contributed by atoms with Crippen molar-refractivity contribution in [1.29, 1.82) is 0 Å². The number of nitrogens with one attached hydrogen (secondary N) is 2. The summed E-state index contributed by atoms with van der Waals surface area (Å²) in [6, 6.07) is 7.72. The van der Waals surface area contributed by atoms with E-state index in [9.17, 15) is 22.8 Å². The maximum absolute atomic E-state index is 12.6. The van der Waals surface area contributed by atoms with Gasteiger partial charge in [0.1, 0.15) is 6.10 Å². The van der Waals surface area contributed by atoms with Gasteiger partial charge in [-0.05, 0) is 37.1 Å². The molecule has 34 heavy (non-hydrogen) atoms. The molecular weight excluding hydrogens is 466 g/mol. The van der Waals surface area contributed by atoms with Gasteiger partial charge in [-0.3, -0.25) is 9.59 Å². The number of carbonyl (C=O) groups is 3. The number of carbonyl (C=O) groups excluding carboxylic acids is 3. The Balaban J connectivity index is 2.04. The van der Waals surface area contributed by atoms with E-state index in [-0.39, 0.29) is 34.6 Å². The topological polar surface area (TPSA) is 150 Å². The SMILES string of the molecule is CCC(CC)OC(=O)Oc1ccc(C(=O)NS(=O)(=O)c2cccc(C(=O)NCCOC)c2)cn1. The van der Waals surface area contributed by atoms with E-state index >= 15 is 0 Å². The van der Waals surface area contributed by atoms with Gasteiger partial charge in [0, 0.05) is 31.5 Å². The summed E-state index contributed by atoms with van der Waals surface area (Å²) in [7, 11) is -2.79. The first-order valence-electron chi connectivity index (χ1n) is 10.5. The molecule has 12 heteroatoms. The molecule has 0 aliphatic rings. The van der Waals surface area contributed by atoms with Crippen LogP contribution in [0.25, 0.3) is 0 Å². The number of sulfonamides is 1. The van der Waals surface area contributed by atoms with Crippen molar-refractivity contribution in [1.82, 2.24) is 15.0 Å². The molecule has 2 rings (SSSR count). The lowest BCUT2D eigenvalue weighted by Crippen LogP contribution is -2.31. The van der Waals surface area contributed by atoms with E-state index in [1.54, 1.807) is 0 Å². The minimum atomic E-state index is -4.27. The van der Waals surface area contributed by atoms with E-state index in [2.05, 4.69) is 10.3 Å². The highest BCUT2D eigenvalue weighted by atomic mass is 32.2. The maximum atomic E-state index is 12.6. The van der Waals surface area contributed by atoms with Gasteiger partial charge in [0.25, 0.3) is 21.8 Å². The predicted molar refractivity (Wildman–Crippen MR) is 121 cm³/mol. The quantitative estimate of drug-likeness (QED) is 0.355. The maximum Gasteiger partial charge on any atom is 0.515 e. The third kappa shape index (κ3) is 7.81. The smallest absolute Gasteiger partial charge is 0.431 e. The summed E-state index contributed by atoms with van der Waals surface area (Å²) < 4.78 is 42.1. The third-order valence-corrected chi connectivity index (χ3v) is 5.91. The molecule has 1 heterocycles. The number of pyridine rings is 1. The molecular formula is C22H27N3O8S. The van der Waals surface area contributed by atoms with Crippen molar-refractivity contribution >= 4 is 28.0 Å². The van der Waals surface area contributed by atoms with E-state index in [0.29, 0.717) is 19.4 Å². The van der Waals surface area contributed by atoms with Gasteiger partial charge in [0.05, 0.1) is 17.1 Å². The number of amides is 2. The Morgan fingerprint density at radius 3 is 2.38 bits per heavy atom. The highest BCUT2D eigenvalue weighted by Crippen LogP contribution is 2.14. The van der Waals surface area contributed by atoms with Crippen LogP contribution < -0.4 is 14.8 Å². The van der Waals surface area contributed by atoms with Crippen LogP contribution in [-0.4, -0.2) is 57.7 Å². The van der Waals surface area contributed by atoms with Crippen LogP contribution in [0.4, 0.5) is 4.79 Å². The standard InChI is InChI=1S/C22H27N3O8S/c1-4-17(5-2)32-22(28)33-19-10-9-16(14-24-19)21(27)25-34(29,30)18-8-6-7-15(13-18)20(26)23-11-12-31-3/h6-10,13-14,17H,4-5,11-12H2,1-3H3,(H,23,26)(H,25,27). The molecule has 0 atom stereocenters. The number of hydrogen-bond acceptors (Lipinski definition) is 9. The van der Waals surface area contributed by atoms with Crippen molar-refractivity contribution < 1.29 is 37.0 Å². The van der Waals surface area contributed by atoms with Crippen LogP contribution >= 0.6 is 0 Å². The third-order valence-electron chi connectivity index (χ3n) is 4.59. The molecule has 11 nitrogen and oxygen atoms in total. The van der Waals surface area contributed by atoms with Gasteiger partial charge < -0.3 is 19.5 Å². The van der Waals surface area contributed by atoms with Crippen molar-refractivity contribution in [2.75, 3.05) is 20.3 Å². The number of hydrogen-bond donors (Lipinski definition) is 2. The largest absolute Gasteiger partial charge is 0.515 e. The van der Waals surface area contributed by atoms with Crippen LogP contribution in [0.1, 0.15) is 47.4 Å². The molecule has 184 valence electrons. The fourth-order valence-corrected chi connectivity index (χ4v) is 3.71. The van der Waals surface area contributed by atoms with Crippen LogP contribution in [0.2, 0.25) is 0 Å². The summed E-state index contributed by atoms with van der Waals surface area (Å²) in [6.07, 6.45) is 1.12. The van der Waals surface area contributed by atoms with E-state index in [4.69, 9.17) is 14.2 Å². The summed E-state index contributed by atoms with van der Waals surface area (Å²) in [6.45, 7) is 4.30. The zero-order valence-electron chi connectivity index (χ0n) is 19.1. The molecule has 2 aromatic rings. The molecule has 2 N–H and O–H groups in total. The van der Waals surface area contributed by atoms with Gasteiger partial charge in [0.2, 0.25) is 5.88 Å². The second kappa shape index (κ2) is 12.7. The first-order chi connectivity index (χ1) is 16.2. The van der Waals surface area contributed by atoms with Crippen molar-refractivity contribution in [2.45, 2.75) is 37.7 Å².